The van der Waals surface area contributed by atoms with Crippen LogP contribution < -0.4 is 4.90 Å². The van der Waals surface area contributed by atoms with Crippen LogP contribution in [0.4, 0.5) is 17.1 Å². The fourth-order valence-electron chi connectivity index (χ4n) is 3.55. The number of nitro benzene ring substituents is 2. The molecular formula is C21H17ClN4O6. The van der Waals surface area contributed by atoms with Gasteiger partial charge in [-0.15, -0.1) is 0 Å². The van der Waals surface area contributed by atoms with Gasteiger partial charge in [0.25, 0.3) is 17.3 Å². The zero-order valence-electron chi connectivity index (χ0n) is 16.6. The normalized spacial score (nSPS) is 13.8. The molecule has 1 fully saturated rings. The molecule has 4 rings (SSSR count). The Kier molecular flexibility index (Phi) is 5.78. The first-order chi connectivity index (χ1) is 15.3. The van der Waals surface area contributed by atoms with Crippen LogP contribution in [0.25, 0.3) is 11.3 Å². The minimum atomic E-state index is -0.502. The van der Waals surface area contributed by atoms with Crippen molar-refractivity contribution in [2.75, 3.05) is 31.1 Å². The summed E-state index contributed by atoms with van der Waals surface area (Å²) in [6.07, 6.45) is 0. The first-order valence-corrected chi connectivity index (χ1v) is 10.0. The van der Waals surface area contributed by atoms with Gasteiger partial charge in [-0.2, -0.15) is 0 Å². The molecule has 0 saturated carbocycles. The second-order valence-corrected chi connectivity index (χ2v) is 7.55. The molecule has 1 aromatic heterocycles. The molecule has 0 aliphatic carbocycles. The number of non-ortho nitro benzene ring substituents is 2. The summed E-state index contributed by atoms with van der Waals surface area (Å²) >= 11 is 6.21. The highest BCUT2D eigenvalue weighted by molar-refractivity contribution is 6.33. The highest BCUT2D eigenvalue weighted by Gasteiger charge is 2.26. The summed E-state index contributed by atoms with van der Waals surface area (Å²) in [5.74, 6) is 0.234. The summed E-state index contributed by atoms with van der Waals surface area (Å²) < 4.78 is 5.67. The van der Waals surface area contributed by atoms with E-state index in [-0.39, 0.29) is 28.1 Å². The lowest BCUT2D eigenvalue weighted by molar-refractivity contribution is -0.385. The van der Waals surface area contributed by atoms with Gasteiger partial charge in [0.1, 0.15) is 5.76 Å². The lowest BCUT2D eigenvalue weighted by Gasteiger charge is -2.36. The topological polar surface area (TPSA) is 123 Å². The smallest absolute Gasteiger partial charge is 0.289 e. The third kappa shape index (κ3) is 4.26. The minimum absolute atomic E-state index is 0.0622. The Morgan fingerprint density at radius 1 is 0.906 bits per heavy atom. The summed E-state index contributed by atoms with van der Waals surface area (Å²) in [5, 5.41) is 22.1. The fraction of sp³-hybridized carbons (Fsp3) is 0.190. The van der Waals surface area contributed by atoms with E-state index in [2.05, 4.69) is 0 Å². The predicted octanol–water partition coefficient (Wildman–Crippen LogP) is 4.38. The van der Waals surface area contributed by atoms with E-state index in [0.717, 1.165) is 0 Å². The minimum Gasteiger partial charge on any atom is -0.451 e. The van der Waals surface area contributed by atoms with Gasteiger partial charge in [0, 0.05) is 56.0 Å². The van der Waals surface area contributed by atoms with Crippen LogP contribution in [0, 0.1) is 20.2 Å². The van der Waals surface area contributed by atoms with E-state index in [1.807, 2.05) is 4.90 Å². The SMILES string of the molecule is O=C(c1ccc(-c2cccc([N+](=O)[O-])c2)o1)N1CCN(c2ccc([N+](=O)[O-])cc2Cl)CC1. The standard InChI is InChI=1S/C21H17ClN4O6/c22-17-13-16(26(30)31)4-5-18(17)23-8-10-24(11-9-23)21(27)20-7-6-19(32-20)14-2-1-3-15(12-14)25(28)29/h1-7,12-13H,8-11H2. The first kappa shape index (κ1) is 21.3. The lowest BCUT2D eigenvalue weighted by atomic mass is 10.1. The molecular weight excluding hydrogens is 440 g/mol. The van der Waals surface area contributed by atoms with Gasteiger partial charge in [-0.1, -0.05) is 23.7 Å². The van der Waals surface area contributed by atoms with Crippen LogP contribution in [0.15, 0.2) is 59.0 Å². The number of anilines is 1. The van der Waals surface area contributed by atoms with E-state index in [4.69, 9.17) is 16.0 Å². The second-order valence-electron chi connectivity index (χ2n) is 7.14. The van der Waals surface area contributed by atoms with Crippen LogP contribution in [-0.4, -0.2) is 46.8 Å². The van der Waals surface area contributed by atoms with Crippen LogP contribution in [0.1, 0.15) is 10.6 Å². The molecule has 11 heteroatoms. The molecule has 0 bridgehead atoms. The van der Waals surface area contributed by atoms with Gasteiger partial charge in [-0.25, -0.2) is 0 Å². The second kappa shape index (κ2) is 8.67. The number of furan rings is 1. The Morgan fingerprint density at radius 2 is 1.59 bits per heavy atom. The van der Waals surface area contributed by atoms with E-state index in [9.17, 15) is 25.0 Å². The highest BCUT2D eigenvalue weighted by atomic mass is 35.5. The van der Waals surface area contributed by atoms with Crippen LogP contribution in [0.3, 0.4) is 0 Å². The van der Waals surface area contributed by atoms with Crippen molar-refractivity contribution in [3.63, 3.8) is 0 Å². The van der Waals surface area contributed by atoms with Gasteiger partial charge >= 0.3 is 0 Å². The summed E-state index contributed by atoms with van der Waals surface area (Å²) in [6.45, 7) is 1.83. The maximum atomic E-state index is 12.9. The number of benzene rings is 2. The van der Waals surface area contributed by atoms with Crippen molar-refractivity contribution in [2.45, 2.75) is 0 Å². The number of amides is 1. The summed E-state index contributed by atoms with van der Waals surface area (Å²) in [7, 11) is 0. The van der Waals surface area contributed by atoms with Gasteiger partial charge < -0.3 is 14.2 Å². The van der Waals surface area contributed by atoms with Crippen LogP contribution in [0.5, 0.6) is 0 Å². The monoisotopic (exact) mass is 456 g/mol. The first-order valence-electron chi connectivity index (χ1n) is 9.66. The number of carbonyl (C=O) groups is 1. The van der Waals surface area contributed by atoms with E-state index in [0.29, 0.717) is 43.2 Å². The van der Waals surface area contributed by atoms with Crippen molar-refractivity contribution in [2.24, 2.45) is 0 Å². The van der Waals surface area contributed by atoms with Crippen molar-refractivity contribution in [3.05, 3.63) is 85.6 Å². The zero-order valence-corrected chi connectivity index (χ0v) is 17.4. The number of halogens is 1. The van der Waals surface area contributed by atoms with Gasteiger partial charge in [-0.05, 0) is 18.2 Å². The van der Waals surface area contributed by atoms with Gasteiger partial charge in [0.05, 0.1) is 20.6 Å². The lowest BCUT2D eigenvalue weighted by Crippen LogP contribution is -2.48. The maximum Gasteiger partial charge on any atom is 0.289 e. The number of nitrogens with zero attached hydrogens (tertiary/aromatic N) is 4. The van der Waals surface area contributed by atoms with Crippen molar-refractivity contribution in [3.8, 4) is 11.3 Å². The molecule has 1 saturated heterocycles. The number of carbonyl (C=O) groups excluding carboxylic acids is 1. The largest absolute Gasteiger partial charge is 0.451 e. The van der Waals surface area contributed by atoms with Crippen molar-refractivity contribution < 1.29 is 19.1 Å². The molecule has 1 aliphatic rings. The predicted molar refractivity (Wildman–Crippen MR) is 117 cm³/mol. The van der Waals surface area contributed by atoms with Crippen LogP contribution in [0.2, 0.25) is 5.02 Å². The third-order valence-electron chi connectivity index (χ3n) is 5.21. The van der Waals surface area contributed by atoms with Gasteiger partial charge in [0.15, 0.2) is 5.76 Å². The van der Waals surface area contributed by atoms with Gasteiger partial charge in [0.2, 0.25) is 0 Å². The zero-order chi connectivity index (χ0) is 22.8. The van der Waals surface area contributed by atoms with Crippen LogP contribution >= 0.6 is 11.6 Å². The van der Waals surface area contributed by atoms with E-state index in [1.165, 1.54) is 24.3 Å². The van der Waals surface area contributed by atoms with E-state index < -0.39 is 9.85 Å². The molecule has 0 N–H and O–H groups in total. The van der Waals surface area contributed by atoms with Crippen LogP contribution in [-0.2, 0) is 0 Å². The molecule has 2 heterocycles. The molecule has 164 valence electrons. The summed E-state index contributed by atoms with van der Waals surface area (Å²) in [5.41, 5.74) is 1.05. The average Bonchev–Trinajstić information content (AvgIpc) is 3.29. The molecule has 0 radical (unpaired) electrons. The number of rotatable bonds is 5. The summed E-state index contributed by atoms with van der Waals surface area (Å²) in [4.78, 5) is 37.3. The number of nitro groups is 2. The molecule has 0 unspecified atom stereocenters. The van der Waals surface area contributed by atoms with E-state index in [1.54, 1.807) is 35.2 Å². The average molecular weight is 457 g/mol. The highest BCUT2D eigenvalue weighted by Crippen LogP contribution is 2.31. The molecule has 32 heavy (non-hydrogen) atoms. The Labute approximate surface area is 186 Å². The maximum absolute atomic E-state index is 12.9. The molecule has 0 atom stereocenters. The Bertz CT molecular complexity index is 1200. The number of hydrogen-bond donors (Lipinski definition) is 0. The fourth-order valence-corrected chi connectivity index (χ4v) is 3.85. The van der Waals surface area contributed by atoms with Crippen molar-refractivity contribution in [1.29, 1.82) is 0 Å². The Morgan fingerprint density at radius 3 is 2.25 bits per heavy atom. The number of piperazine rings is 1. The molecule has 1 amide bonds. The third-order valence-corrected chi connectivity index (χ3v) is 5.51. The number of hydrogen-bond acceptors (Lipinski definition) is 7. The quantitative estimate of drug-likeness (QED) is 0.412. The van der Waals surface area contributed by atoms with Gasteiger partial charge in [-0.3, -0.25) is 25.0 Å². The molecule has 0 spiro atoms. The van der Waals surface area contributed by atoms with E-state index >= 15 is 0 Å². The molecule has 10 nitrogen and oxygen atoms in total. The molecule has 1 aliphatic heterocycles. The van der Waals surface area contributed by atoms with Crippen molar-refractivity contribution >= 4 is 34.6 Å². The summed E-state index contributed by atoms with van der Waals surface area (Å²) in [6, 6.07) is 13.5. The van der Waals surface area contributed by atoms with Crippen molar-refractivity contribution in [1.82, 2.24) is 4.90 Å². The molecule has 3 aromatic rings. The Balaban J connectivity index is 1.43. The molecule has 2 aromatic carbocycles. The Hall–Kier alpha value is -3.92.